The molecule has 0 saturated heterocycles. The maximum absolute atomic E-state index is 5.52. The number of aliphatic imine (C=N–C) groups is 2. The van der Waals surface area contributed by atoms with Gasteiger partial charge in [-0.2, -0.15) is 0 Å². The summed E-state index contributed by atoms with van der Waals surface area (Å²) in [6, 6.07) is 0. The molecule has 0 amide bonds. The van der Waals surface area contributed by atoms with Gasteiger partial charge in [0.2, 0.25) is 0 Å². The molecule has 0 radical (unpaired) electrons. The highest BCUT2D eigenvalue weighted by Crippen LogP contribution is 1.86. The molecule has 0 saturated carbocycles. The van der Waals surface area contributed by atoms with E-state index in [-0.39, 0.29) is 0 Å². The third-order valence-corrected chi connectivity index (χ3v) is 1.16. The van der Waals surface area contributed by atoms with Crippen LogP contribution in [0.1, 0.15) is 0 Å². The van der Waals surface area contributed by atoms with Gasteiger partial charge < -0.3 is 5.73 Å². The van der Waals surface area contributed by atoms with Crippen molar-refractivity contribution in [3.8, 4) is 0 Å². The van der Waals surface area contributed by atoms with Gasteiger partial charge in [-0.05, 0) is 12.2 Å². The molecule has 4 heteroatoms. The van der Waals surface area contributed by atoms with Gasteiger partial charge in [0.1, 0.15) is 11.0 Å². The van der Waals surface area contributed by atoms with Crippen molar-refractivity contribution in [3.63, 3.8) is 0 Å². The molecular weight excluding hydrogens is 150 g/mol. The largest absolute Gasteiger partial charge is 0.384 e. The number of hydrogen-bond donors (Lipinski definition) is 1. The molecule has 0 unspecified atom stereocenters. The highest BCUT2D eigenvalue weighted by Gasteiger charge is 1.83. The fourth-order valence-corrected chi connectivity index (χ4v) is 0.366. The van der Waals surface area contributed by atoms with E-state index in [0.717, 1.165) is 0 Å². The smallest absolute Gasteiger partial charge is 0.123 e. The molecule has 0 spiro atoms. The summed E-state index contributed by atoms with van der Waals surface area (Å²) >= 11 is 5.52. The zero-order chi connectivity index (χ0) is 7.98. The standard InChI is InChI=1S/C6H10ClN3/c1-9-5(7)3-4-6(8)10-2/h3-4H,1-2H3,(H2,8,10)/b4-3-,9-5?. The molecule has 0 aliphatic carbocycles. The fourth-order valence-electron chi connectivity index (χ4n) is 0.303. The second kappa shape index (κ2) is 4.99. The number of nitrogens with two attached hydrogens (primary N) is 1. The summed E-state index contributed by atoms with van der Waals surface area (Å²) in [7, 11) is 3.21. The van der Waals surface area contributed by atoms with Crippen molar-refractivity contribution in [3.05, 3.63) is 12.2 Å². The van der Waals surface area contributed by atoms with Crippen LogP contribution in [-0.4, -0.2) is 25.1 Å². The van der Waals surface area contributed by atoms with Crippen LogP contribution < -0.4 is 5.73 Å². The molecule has 0 aliphatic rings. The lowest BCUT2D eigenvalue weighted by Crippen LogP contribution is -2.07. The average Bonchev–Trinajstić information content (AvgIpc) is 1.99. The summed E-state index contributed by atoms with van der Waals surface area (Å²) in [6.45, 7) is 0. The predicted octanol–water partition coefficient (Wildman–Crippen LogP) is 0.797. The first kappa shape index (κ1) is 9.17. The average molecular weight is 160 g/mol. The second-order valence-corrected chi connectivity index (χ2v) is 1.92. The first-order valence-corrected chi connectivity index (χ1v) is 3.11. The third kappa shape index (κ3) is 4.09. The Hall–Kier alpha value is -0.830. The van der Waals surface area contributed by atoms with Gasteiger partial charge in [-0.25, -0.2) is 0 Å². The van der Waals surface area contributed by atoms with Crippen LogP contribution in [-0.2, 0) is 0 Å². The molecule has 56 valence electrons. The van der Waals surface area contributed by atoms with Gasteiger partial charge in [0.05, 0.1) is 0 Å². The maximum atomic E-state index is 5.52. The van der Waals surface area contributed by atoms with Crippen molar-refractivity contribution in [1.29, 1.82) is 0 Å². The van der Waals surface area contributed by atoms with Crippen LogP contribution >= 0.6 is 11.6 Å². The van der Waals surface area contributed by atoms with E-state index in [2.05, 4.69) is 9.98 Å². The van der Waals surface area contributed by atoms with Gasteiger partial charge in [0.25, 0.3) is 0 Å². The molecule has 0 aromatic heterocycles. The molecule has 0 aromatic carbocycles. The Morgan fingerprint density at radius 1 is 1.30 bits per heavy atom. The van der Waals surface area contributed by atoms with Crippen molar-refractivity contribution in [1.82, 2.24) is 0 Å². The van der Waals surface area contributed by atoms with Crippen LogP contribution in [0.15, 0.2) is 22.1 Å². The lowest BCUT2D eigenvalue weighted by atomic mass is 10.5. The van der Waals surface area contributed by atoms with Crippen molar-refractivity contribution in [2.24, 2.45) is 15.7 Å². The Kier molecular flexibility index (Phi) is 4.58. The molecule has 10 heavy (non-hydrogen) atoms. The summed E-state index contributed by atoms with van der Waals surface area (Å²) in [5, 5.41) is 0.409. The molecule has 0 aliphatic heterocycles. The molecule has 0 atom stereocenters. The van der Waals surface area contributed by atoms with Crippen LogP contribution in [0.25, 0.3) is 0 Å². The Morgan fingerprint density at radius 2 is 1.90 bits per heavy atom. The molecular formula is C6H10ClN3. The van der Waals surface area contributed by atoms with Gasteiger partial charge in [-0.15, -0.1) is 0 Å². The van der Waals surface area contributed by atoms with Crippen LogP contribution in [0.5, 0.6) is 0 Å². The van der Waals surface area contributed by atoms with Crippen LogP contribution in [0, 0.1) is 0 Å². The number of rotatable bonds is 2. The van der Waals surface area contributed by atoms with Gasteiger partial charge in [-0.3, -0.25) is 9.98 Å². The maximum Gasteiger partial charge on any atom is 0.123 e. The summed E-state index contributed by atoms with van der Waals surface area (Å²) in [5.74, 6) is 0.432. The number of halogens is 1. The van der Waals surface area contributed by atoms with Gasteiger partial charge in [0, 0.05) is 14.1 Å². The molecule has 3 nitrogen and oxygen atoms in total. The second-order valence-electron chi connectivity index (χ2n) is 1.53. The van der Waals surface area contributed by atoms with E-state index in [1.807, 2.05) is 0 Å². The van der Waals surface area contributed by atoms with Gasteiger partial charge in [-0.1, -0.05) is 11.6 Å². The van der Waals surface area contributed by atoms with Crippen LogP contribution in [0.2, 0.25) is 0 Å². The van der Waals surface area contributed by atoms with E-state index in [1.165, 1.54) is 0 Å². The molecule has 0 aromatic rings. The van der Waals surface area contributed by atoms with Crippen LogP contribution in [0.3, 0.4) is 0 Å². The molecule has 2 N–H and O–H groups in total. The molecule has 0 heterocycles. The van der Waals surface area contributed by atoms with Crippen LogP contribution in [0.4, 0.5) is 0 Å². The Bertz CT molecular complexity index is 161. The Labute approximate surface area is 65.3 Å². The summed E-state index contributed by atoms with van der Waals surface area (Å²) in [4.78, 5) is 7.37. The van der Waals surface area contributed by atoms with E-state index in [1.54, 1.807) is 26.2 Å². The van der Waals surface area contributed by atoms with E-state index in [4.69, 9.17) is 17.3 Å². The Morgan fingerprint density at radius 3 is 2.30 bits per heavy atom. The molecule has 0 fully saturated rings. The number of nitrogens with zero attached hydrogens (tertiary/aromatic N) is 2. The minimum Gasteiger partial charge on any atom is -0.384 e. The van der Waals surface area contributed by atoms with Gasteiger partial charge in [0.15, 0.2) is 0 Å². The van der Waals surface area contributed by atoms with E-state index in [9.17, 15) is 0 Å². The zero-order valence-corrected chi connectivity index (χ0v) is 6.76. The lowest BCUT2D eigenvalue weighted by molar-refractivity contribution is 1.41. The zero-order valence-electron chi connectivity index (χ0n) is 6.00. The normalized spacial score (nSPS) is 14.7. The summed E-state index contributed by atoms with van der Waals surface area (Å²) < 4.78 is 0. The van der Waals surface area contributed by atoms with Crippen molar-refractivity contribution < 1.29 is 0 Å². The van der Waals surface area contributed by atoms with Crippen molar-refractivity contribution in [2.75, 3.05) is 14.1 Å². The Balaban J connectivity index is 4.01. The van der Waals surface area contributed by atoms with E-state index >= 15 is 0 Å². The lowest BCUT2D eigenvalue weighted by Gasteiger charge is -1.86. The van der Waals surface area contributed by atoms with E-state index in [0.29, 0.717) is 11.0 Å². The van der Waals surface area contributed by atoms with Crippen molar-refractivity contribution >= 4 is 22.6 Å². The first-order valence-electron chi connectivity index (χ1n) is 2.73. The van der Waals surface area contributed by atoms with Crippen molar-refractivity contribution in [2.45, 2.75) is 0 Å². The topological polar surface area (TPSA) is 50.7 Å². The number of hydrogen-bond acceptors (Lipinski definition) is 2. The monoisotopic (exact) mass is 159 g/mol. The minimum atomic E-state index is 0.409. The highest BCUT2D eigenvalue weighted by atomic mass is 35.5. The SMILES string of the molecule is CN=C(N)/C=C\C(Cl)=NC. The first-order chi connectivity index (χ1) is 4.70. The highest BCUT2D eigenvalue weighted by molar-refractivity contribution is 6.68. The van der Waals surface area contributed by atoms with Gasteiger partial charge >= 0.3 is 0 Å². The fraction of sp³-hybridized carbons (Fsp3) is 0.333. The number of amidine groups is 1. The summed E-state index contributed by atoms with van der Waals surface area (Å²) in [6.07, 6.45) is 3.18. The van der Waals surface area contributed by atoms with E-state index < -0.39 is 0 Å². The molecule has 0 bridgehead atoms. The summed E-state index contributed by atoms with van der Waals surface area (Å²) in [5.41, 5.74) is 5.33. The predicted molar refractivity (Wildman–Crippen MR) is 45.9 cm³/mol. The number of allylic oxidation sites excluding steroid dienone is 1. The quantitative estimate of drug-likeness (QED) is 0.470. The molecule has 0 rings (SSSR count). The third-order valence-electron chi connectivity index (χ3n) is 0.863. The minimum absolute atomic E-state index is 0.409.